The number of pyridine rings is 1. The summed E-state index contributed by atoms with van der Waals surface area (Å²) in [5, 5.41) is 2.71. The molecule has 120 valence electrons. The van der Waals surface area contributed by atoms with Crippen LogP contribution in [-0.4, -0.2) is 31.0 Å². The van der Waals surface area contributed by atoms with Gasteiger partial charge in [0, 0.05) is 25.2 Å². The Labute approximate surface area is 133 Å². The smallest absolute Gasteiger partial charge is 0.207 e. The van der Waals surface area contributed by atoms with Gasteiger partial charge < -0.3 is 10.2 Å². The third-order valence-corrected chi connectivity index (χ3v) is 3.49. The minimum absolute atomic E-state index is 0.603. The van der Waals surface area contributed by atoms with Gasteiger partial charge >= 0.3 is 0 Å². The fourth-order valence-corrected chi connectivity index (χ4v) is 2.52. The summed E-state index contributed by atoms with van der Waals surface area (Å²) in [7, 11) is 0. The van der Waals surface area contributed by atoms with Gasteiger partial charge in [0.05, 0.1) is 5.69 Å². The first-order valence-electron chi connectivity index (χ1n) is 7.92. The Bertz CT molecular complexity index is 505. The number of nitrogens with zero attached hydrogens (tertiary/aromatic N) is 2. The summed E-state index contributed by atoms with van der Waals surface area (Å²) in [5.74, 6) is 0.977. The number of nitrogens with one attached hydrogen (secondary N) is 1. The number of anilines is 1. The number of carbonyl (C=O) groups excluding carboxylic acids is 1. The van der Waals surface area contributed by atoms with Gasteiger partial charge in [0.1, 0.15) is 5.82 Å². The second-order valence-electron chi connectivity index (χ2n) is 5.16. The summed E-state index contributed by atoms with van der Waals surface area (Å²) >= 11 is 0. The summed E-state index contributed by atoms with van der Waals surface area (Å²) in [4.78, 5) is 17.5. The highest BCUT2D eigenvalue weighted by Gasteiger charge is 2.12. The van der Waals surface area contributed by atoms with Gasteiger partial charge in [-0.1, -0.05) is 33.1 Å². The topological polar surface area (TPSA) is 45.2 Å². The third kappa shape index (κ3) is 4.72. The van der Waals surface area contributed by atoms with Gasteiger partial charge in [0.2, 0.25) is 6.41 Å². The van der Waals surface area contributed by atoms with Crippen molar-refractivity contribution in [2.24, 2.45) is 0 Å². The van der Waals surface area contributed by atoms with Gasteiger partial charge in [-0.25, -0.2) is 4.98 Å². The van der Waals surface area contributed by atoms with Crippen LogP contribution in [-0.2, 0) is 11.2 Å². The van der Waals surface area contributed by atoms with Crippen LogP contribution < -0.4 is 10.2 Å². The molecule has 0 atom stereocenters. The molecule has 0 unspecified atom stereocenters. The van der Waals surface area contributed by atoms with Crippen LogP contribution >= 0.6 is 0 Å². The predicted molar refractivity (Wildman–Crippen MR) is 95.0 cm³/mol. The fraction of sp³-hybridized carbons (Fsp3) is 0.444. The average molecular weight is 301 g/mol. The summed E-state index contributed by atoms with van der Waals surface area (Å²) in [5.41, 5.74) is 2.99. The molecule has 1 amide bonds. The summed E-state index contributed by atoms with van der Waals surface area (Å²) in [6, 6.07) is 2.11. The molecule has 4 nitrogen and oxygen atoms in total. The Morgan fingerprint density at radius 2 is 1.91 bits per heavy atom. The molecular formula is C18H27N3O. The molecular weight excluding hydrogens is 274 g/mol. The first-order valence-corrected chi connectivity index (χ1v) is 7.92. The van der Waals surface area contributed by atoms with Crippen molar-refractivity contribution in [2.75, 3.05) is 24.5 Å². The molecule has 22 heavy (non-hydrogen) atoms. The predicted octanol–water partition coefficient (Wildman–Crippen LogP) is 3.28. The number of rotatable bonds is 11. The largest absolute Gasteiger partial charge is 0.358 e. The van der Waals surface area contributed by atoms with Crippen molar-refractivity contribution < 1.29 is 4.79 Å². The average Bonchev–Trinajstić information content (AvgIpc) is 2.54. The summed E-state index contributed by atoms with van der Waals surface area (Å²) < 4.78 is 0. The highest BCUT2D eigenvalue weighted by Crippen LogP contribution is 2.23. The molecule has 4 heteroatoms. The van der Waals surface area contributed by atoms with Crippen molar-refractivity contribution in [1.82, 2.24) is 10.3 Å². The SMILES string of the molecule is C=Cc1nc(N(CCC)CCC)cc(CCNC=O)c1C=C. The highest BCUT2D eigenvalue weighted by atomic mass is 16.1. The maximum Gasteiger partial charge on any atom is 0.207 e. The van der Waals surface area contributed by atoms with E-state index in [1.807, 2.05) is 6.08 Å². The maximum absolute atomic E-state index is 10.5. The van der Waals surface area contributed by atoms with Gasteiger partial charge in [0.25, 0.3) is 0 Å². The summed E-state index contributed by atoms with van der Waals surface area (Å²) in [6.07, 6.45) is 7.22. The molecule has 1 N–H and O–H groups in total. The third-order valence-electron chi connectivity index (χ3n) is 3.49. The zero-order valence-electron chi connectivity index (χ0n) is 13.8. The molecule has 0 aliphatic rings. The fourth-order valence-electron chi connectivity index (χ4n) is 2.52. The Kier molecular flexibility index (Phi) is 7.97. The lowest BCUT2D eigenvalue weighted by Crippen LogP contribution is -2.26. The lowest BCUT2D eigenvalue weighted by atomic mass is 10.0. The monoisotopic (exact) mass is 301 g/mol. The summed E-state index contributed by atoms with van der Waals surface area (Å²) in [6.45, 7) is 14.7. The van der Waals surface area contributed by atoms with E-state index in [-0.39, 0.29) is 0 Å². The standard InChI is InChI=1S/C18H27N3O/c1-5-11-21(12-6-2)18-13-15(9-10-19-14-22)16(7-3)17(8-4)20-18/h7-8,13-14H,3-6,9-12H2,1-2H3,(H,19,22). The van der Waals surface area contributed by atoms with E-state index in [9.17, 15) is 4.79 Å². The Balaban J connectivity index is 3.21. The van der Waals surface area contributed by atoms with Gasteiger partial charge in [-0.2, -0.15) is 0 Å². The zero-order chi connectivity index (χ0) is 16.4. The second-order valence-corrected chi connectivity index (χ2v) is 5.16. The van der Waals surface area contributed by atoms with E-state index in [2.05, 4.69) is 43.3 Å². The van der Waals surface area contributed by atoms with Crippen LogP contribution in [0.3, 0.4) is 0 Å². The van der Waals surface area contributed by atoms with E-state index in [4.69, 9.17) is 4.98 Å². The number of hydrogen-bond acceptors (Lipinski definition) is 3. The molecule has 0 aliphatic heterocycles. The lowest BCUT2D eigenvalue weighted by molar-refractivity contribution is -0.109. The minimum Gasteiger partial charge on any atom is -0.358 e. The van der Waals surface area contributed by atoms with E-state index in [0.29, 0.717) is 6.54 Å². The van der Waals surface area contributed by atoms with Crippen LogP contribution in [0, 0.1) is 0 Å². The molecule has 0 aliphatic carbocycles. The molecule has 0 radical (unpaired) electrons. The van der Waals surface area contributed by atoms with Crippen LogP contribution in [0.25, 0.3) is 12.2 Å². The molecule has 0 saturated carbocycles. The van der Waals surface area contributed by atoms with Gasteiger partial charge in [-0.15, -0.1) is 0 Å². The number of aromatic nitrogens is 1. The molecule has 1 rings (SSSR count). The van der Waals surface area contributed by atoms with Crippen molar-refractivity contribution in [1.29, 1.82) is 0 Å². The zero-order valence-corrected chi connectivity index (χ0v) is 13.8. The van der Waals surface area contributed by atoms with Crippen LogP contribution in [0.2, 0.25) is 0 Å². The van der Waals surface area contributed by atoms with Crippen LogP contribution in [0.5, 0.6) is 0 Å². The second kappa shape index (κ2) is 9.77. The molecule has 1 aromatic heterocycles. The Morgan fingerprint density at radius 1 is 1.23 bits per heavy atom. The molecule has 0 fully saturated rings. The minimum atomic E-state index is 0.603. The Hall–Kier alpha value is -2.10. The molecule has 1 aromatic rings. The van der Waals surface area contributed by atoms with Crippen molar-refractivity contribution >= 4 is 24.4 Å². The van der Waals surface area contributed by atoms with E-state index in [1.54, 1.807) is 6.08 Å². The van der Waals surface area contributed by atoms with Gasteiger partial charge in [-0.3, -0.25) is 4.79 Å². The maximum atomic E-state index is 10.5. The normalized spacial score (nSPS) is 10.1. The number of carbonyl (C=O) groups is 1. The lowest BCUT2D eigenvalue weighted by Gasteiger charge is -2.24. The number of hydrogen-bond donors (Lipinski definition) is 1. The molecule has 0 bridgehead atoms. The van der Waals surface area contributed by atoms with Crippen molar-refractivity contribution in [3.05, 3.63) is 36.0 Å². The van der Waals surface area contributed by atoms with E-state index >= 15 is 0 Å². The molecule has 0 aromatic carbocycles. The van der Waals surface area contributed by atoms with Crippen molar-refractivity contribution in [2.45, 2.75) is 33.1 Å². The quantitative estimate of drug-likeness (QED) is 0.504. The van der Waals surface area contributed by atoms with Crippen LogP contribution in [0.4, 0.5) is 5.82 Å². The van der Waals surface area contributed by atoms with Crippen molar-refractivity contribution in [3.8, 4) is 0 Å². The molecule has 1 heterocycles. The van der Waals surface area contributed by atoms with E-state index in [0.717, 1.165) is 61.4 Å². The highest BCUT2D eigenvalue weighted by molar-refractivity contribution is 5.66. The van der Waals surface area contributed by atoms with E-state index < -0.39 is 0 Å². The van der Waals surface area contributed by atoms with Gasteiger partial charge in [-0.05, 0) is 37.0 Å². The molecule has 0 saturated heterocycles. The first-order chi connectivity index (χ1) is 10.7. The molecule has 0 spiro atoms. The van der Waals surface area contributed by atoms with E-state index in [1.165, 1.54) is 0 Å². The Morgan fingerprint density at radius 3 is 2.41 bits per heavy atom. The van der Waals surface area contributed by atoms with Crippen LogP contribution in [0.15, 0.2) is 19.2 Å². The first kappa shape index (κ1) is 18.0. The number of amides is 1. The van der Waals surface area contributed by atoms with Crippen LogP contribution in [0.1, 0.15) is 43.5 Å². The van der Waals surface area contributed by atoms with Gasteiger partial charge in [0.15, 0.2) is 0 Å². The van der Waals surface area contributed by atoms with Crippen molar-refractivity contribution in [3.63, 3.8) is 0 Å².